The number of nitrogens with one attached hydrogen (secondary N) is 1. The number of benzene rings is 1. The Morgan fingerprint density at radius 1 is 1.28 bits per heavy atom. The van der Waals surface area contributed by atoms with Crippen LogP contribution in [0.4, 0.5) is 14.5 Å². The summed E-state index contributed by atoms with van der Waals surface area (Å²) in [6.07, 6.45) is 0. The van der Waals surface area contributed by atoms with Crippen molar-refractivity contribution in [3.05, 3.63) is 53.5 Å². The molecule has 1 amide bonds. The zero-order chi connectivity index (χ0) is 13.1. The number of hydrogen-bond acceptors (Lipinski definition) is 2. The fourth-order valence-electron chi connectivity index (χ4n) is 1.35. The Bertz CT molecular complexity index is 583. The zero-order valence-electron chi connectivity index (χ0n) is 9.04. The molecule has 0 spiro atoms. The van der Waals surface area contributed by atoms with Gasteiger partial charge in [0, 0.05) is 6.07 Å². The fraction of sp³-hybridized carbons (Fsp3) is 0.0833. The van der Waals surface area contributed by atoms with Gasteiger partial charge in [0.2, 0.25) is 0 Å². The molecule has 1 aromatic carbocycles. The maximum Gasteiger partial charge on any atom is 0.291 e. The molecule has 2 rings (SSSR count). The normalized spacial score (nSPS) is 10.4. The molecule has 2 aromatic rings. The van der Waals surface area contributed by atoms with Crippen molar-refractivity contribution < 1.29 is 18.0 Å². The Labute approximate surface area is 106 Å². The molecule has 0 unspecified atom stereocenters. The molecule has 18 heavy (non-hydrogen) atoms. The molecule has 0 aliphatic carbocycles. The maximum absolute atomic E-state index is 13.3. The van der Waals surface area contributed by atoms with Crippen LogP contribution in [-0.2, 0) is 5.88 Å². The topological polar surface area (TPSA) is 42.2 Å². The van der Waals surface area contributed by atoms with E-state index in [1.54, 1.807) is 0 Å². The number of carbonyl (C=O) groups excluding carboxylic acids is 1. The Hall–Kier alpha value is -1.88. The Balaban J connectivity index is 2.18. The van der Waals surface area contributed by atoms with Crippen LogP contribution in [0.2, 0.25) is 0 Å². The lowest BCUT2D eigenvalue weighted by Crippen LogP contribution is -2.12. The van der Waals surface area contributed by atoms with Crippen molar-refractivity contribution >= 4 is 23.2 Å². The summed E-state index contributed by atoms with van der Waals surface area (Å²) < 4.78 is 31.3. The predicted octanol–water partition coefficient (Wildman–Crippen LogP) is 3.55. The Morgan fingerprint density at radius 2 is 2.06 bits per heavy atom. The molecular formula is C12H8ClF2NO2. The summed E-state index contributed by atoms with van der Waals surface area (Å²) in [6.45, 7) is 0. The second-order valence-corrected chi connectivity index (χ2v) is 3.75. The molecular weight excluding hydrogens is 264 g/mol. The molecule has 3 nitrogen and oxygen atoms in total. The molecule has 0 aliphatic heterocycles. The summed E-state index contributed by atoms with van der Waals surface area (Å²) in [5.74, 6) is -1.52. The number of rotatable bonds is 3. The van der Waals surface area contributed by atoms with Crippen LogP contribution in [0.25, 0.3) is 0 Å². The third-order valence-electron chi connectivity index (χ3n) is 2.19. The van der Waals surface area contributed by atoms with Crippen LogP contribution in [0.5, 0.6) is 0 Å². The van der Waals surface area contributed by atoms with Gasteiger partial charge in [-0.1, -0.05) is 0 Å². The van der Waals surface area contributed by atoms with Crippen LogP contribution in [-0.4, -0.2) is 5.91 Å². The molecule has 0 bridgehead atoms. The van der Waals surface area contributed by atoms with Crippen molar-refractivity contribution in [2.24, 2.45) is 0 Å². The van der Waals surface area contributed by atoms with E-state index in [2.05, 4.69) is 5.32 Å². The van der Waals surface area contributed by atoms with Gasteiger partial charge in [0.1, 0.15) is 17.4 Å². The van der Waals surface area contributed by atoms with E-state index < -0.39 is 17.5 Å². The SMILES string of the molecule is O=C(Nc1cc(F)ccc1F)c1ccc(CCl)o1. The maximum atomic E-state index is 13.3. The molecule has 0 saturated heterocycles. The molecule has 1 heterocycles. The van der Waals surface area contributed by atoms with Gasteiger partial charge in [-0.05, 0) is 24.3 Å². The molecule has 0 saturated carbocycles. The largest absolute Gasteiger partial charge is 0.455 e. The monoisotopic (exact) mass is 271 g/mol. The minimum absolute atomic E-state index is 0.0192. The molecule has 0 atom stereocenters. The van der Waals surface area contributed by atoms with Gasteiger partial charge >= 0.3 is 0 Å². The van der Waals surface area contributed by atoms with Crippen molar-refractivity contribution in [1.82, 2.24) is 0 Å². The summed E-state index contributed by atoms with van der Waals surface area (Å²) in [4.78, 5) is 11.7. The number of carbonyl (C=O) groups is 1. The van der Waals surface area contributed by atoms with Gasteiger partial charge in [0.25, 0.3) is 5.91 Å². The van der Waals surface area contributed by atoms with Gasteiger partial charge < -0.3 is 9.73 Å². The van der Waals surface area contributed by atoms with Crippen molar-refractivity contribution in [3.8, 4) is 0 Å². The molecule has 94 valence electrons. The van der Waals surface area contributed by atoms with E-state index in [0.29, 0.717) is 5.76 Å². The van der Waals surface area contributed by atoms with E-state index in [1.807, 2.05) is 0 Å². The van der Waals surface area contributed by atoms with E-state index >= 15 is 0 Å². The van der Waals surface area contributed by atoms with Crippen LogP contribution in [0.3, 0.4) is 0 Å². The lowest BCUT2D eigenvalue weighted by atomic mass is 10.3. The van der Waals surface area contributed by atoms with E-state index in [1.165, 1.54) is 12.1 Å². The van der Waals surface area contributed by atoms with E-state index in [4.69, 9.17) is 16.0 Å². The Kier molecular flexibility index (Phi) is 3.62. The third kappa shape index (κ3) is 2.68. The van der Waals surface area contributed by atoms with Gasteiger partial charge in [0.05, 0.1) is 11.6 Å². The van der Waals surface area contributed by atoms with Crippen molar-refractivity contribution in [3.63, 3.8) is 0 Å². The summed E-state index contributed by atoms with van der Waals surface area (Å²) in [7, 11) is 0. The minimum atomic E-state index is -0.728. The first-order chi connectivity index (χ1) is 8.60. The van der Waals surface area contributed by atoms with Crippen LogP contribution in [0.1, 0.15) is 16.3 Å². The van der Waals surface area contributed by atoms with Gasteiger partial charge in [-0.15, -0.1) is 11.6 Å². The van der Waals surface area contributed by atoms with Crippen molar-refractivity contribution in [2.75, 3.05) is 5.32 Å². The van der Waals surface area contributed by atoms with E-state index in [0.717, 1.165) is 18.2 Å². The molecule has 0 aliphatic rings. The smallest absolute Gasteiger partial charge is 0.291 e. The number of anilines is 1. The number of furan rings is 1. The zero-order valence-corrected chi connectivity index (χ0v) is 9.80. The Morgan fingerprint density at radius 3 is 2.72 bits per heavy atom. The fourth-order valence-corrected chi connectivity index (χ4v) is 1.49. The third-order valence-corrected chi connectivity index (χ3v) is 2.46. The van der Waals surface area contributed by atoms with Crippen LogP contribution in [0, 0.1) is 11.6 Å². The lowest BCUT2D eigenvalue weighted by molar-refractivity contribution is 0.0995. The average Bonchev–Trinajstić information content (AvgIpc) is 2.82. The molecule has 0 radical (unpaired) electrons. The predicted molar refractivity (Wildman–Crippen MR) is 62.6 cm³/mol. The van der Waals surface area contributed by atoms with Crippen molar-refractivity contribution in [1.29, 1.82) is 0 Å². The highest BCUT2D eigenvalue weighted by atomic mass is 35.5. The first-order valence-corrected chi connectivity index (χ1v) is 5.54. The summed E-state index contributed by atoms with van der Waals surface area (Å²) in [5, 5.41) is 2.21. The van der Waals surface area contributed by atoms with Gasteiger partial charge in [-0.25, -0.2) is 8.78 Å². The number of hydrogen-bond donors (Lipinski definition) is 1. The molecule has 1 aromatic heterocycles. The lowest BCUT2D eigenvalue weighted by Gasteiger charge is -2.04. The standard InChI is InChI=1S/C12H8ClF2NO2/c13-6-8-2-4-11(18-8)12(17)16-10-5-7(14)1-3-9(10)15/h1-5H,6H2,(H,16,17). The van der Waals surface area contributed by atoms with Crippen LogP contribution < -0.4 is 5.32 Å². The number of alkyl halides is 1. The molecule has 1 N–H and O–H groups in total. The van der Waals surface area contributed by atoms with E-state index in [9.17, 15) is 13.6 Å². The van der Waals surface area contributed by atoms with E-state index in [-0.39, 0.29) is 17.3 Å². The quantitative estimate of drug-likeness (QED) is 0.868. The second kappa shape index (κ2) is 5.18. The number of halogens is 3. The van der Waals surface area contributed by atoms with Crippen LogP contribution in [0.15, 0.2) is 34.7 Å². The average molecular weight is 272 g/mol. The second-order valence-electron chi connectivity index (χ2n) is 3.48. The van der Waals surface area contributed by atoms with Gasteiger partial charge in [-0.3, -0.25) is 4.79 Å². The molecule has 6 heteroatoms. The minimum Gasteiger partial charge on any atom is -0.455 e. The first-order valence-electron chi connectivity index (χ1n) is 5.01. The van der Waals surface area contributed by atoms with Crippen LogP contribution >= 0.6 is 11.6 Å². The highest BCUT2D eigenvalue weighted by Crippen LogP contribution is 2.17. The summed E-state index contributed by atoms with van der Waals surface area (Å²) in [6, 6.07) is 5.72. The highest BCUT2D eigenvalue weighted by molar-refractivity contribution is 6.16. The highest BCUT2D eigenvalue weighted by Gasteiger charge is 2.13. The summed E-state index contributed by atoms with van der Waals surface area (Å²) in [5.41, 5.74) is -0.246. The molecule has 0 fully saturated rings. The first kappa shape index (κ1) is 12.6. The van der Waals surface area contributed by atoms with Gasteiger partial charge in [-0.2, -0.15) is 0 Å². The summed E-state index contributed by atoms with van der Waals surface area (Å²) >= 11 is 5.52. The van der Waals surface area contributed by atoms with Crippen molar-refractivity contribution in [2.45, 2.75) is 5.88 Å². The number of amides is 1. The van der Waals surface area contributed by atoms with Gasteiger partial charge in [0.15, 0.2) is 5.76 Å².